The monoisotopic (exact) mass is 426 g/mol. The van der Waals surface area contributed by atoms with Gasteiger partial charge < -0.3 is 5.73 Å². The molecule has 11 heteroatoms. The molecular weight excluding hydrogens is 417 g/mol. The van der Waals surface area contributed by atoms with Crippen LogP contribution in [0.3, 0.4) is 0 Å². The van der Waals surface area contributed by atoms with Crippen LogP contribution in [0.2, 0.25) is 0 Å². The molecule has 3 N–H and O–H groups in total. The lowest BCUT2D eigenvalue weighted by Crippen LogP contribution is -2.32. The van der Waals surface area contributed by atoms with Crippen LogP contribution in [0.25, 0.3) is 11.4 Å². The number of anilines is 2. The number of urea groups is 1. The Bertz CT molecular complexity index is 945. The van der Waals surface area contributed by atoms with Crippen LogP contribution in [0.5, 0.6) is 0 Å². The Hall–Kier alpha value is -2.95. The van der Waals surface area contributed by atoms with Crippen molar-refractivity contribution < 1.29 is 18.0 Å². The zero-order chi connectivity index (χ0) is 18.9. The van der Waals surface area contributed by atoms with Gasteiger partial charge in [0.2, 0.25) is 5.82 Å². The molecule has 7 nitrogen and oxygen atoms in total. The van der Waals surface area contributed by atoms with Crippen molar-refractivity contribution in [3.8, 4) is 11.4 Å². The minimum Gasteiger partial charge on any atom is -0.351 e. The molecule has 2 aromatic carbocycles. The van der Waals surface area contributed by atoms with Gasteiger partial charge in [-0.25, -0.2) is 4.79 Å². The van der Waals surface area contributed by atoms with E-state index in [2.05, 4.69) is 36.6 Å². The maximum atomic E-state index is 13.0. The maximum absolute atomic E-state index is 13.0. The molecule has 1 aromatic heterocycles. The van der Waals surface area contributed by atoms with E-state index in [4.69, 9.17) is 5.73 Å². The molecule has 3 aromatic rings. The number of benzene rings is 2. The molecule has 0 saturated carbocycles. The van der Waals surface area contributed by atoms with Gasteiger partial charge in [-0.2, -0.15) is 18.4 Å². The van der Waals surface area contributed by atoms with E-state index >= 15 is 0 Å². The van der Waals surface area contributed by atoms with Crippen molar-refractivity contribution in [2.24, 2.45) is 5.73 Å². The summed E-state index contributed by atoms with van der Waals surface area (Å²) in [6.07, 6.45) is -4.56. The summed E-state index contributed by atoms with van der Waals surface area (Å²) in [5, 5.41) is 13.4. The van der Waals surface area contributed by atoms with Crippen molar-refractivity contribution in [1.82, 2.24) is 20.6 Å². The number of rotatable bonds is 3. The average Bonchev–Trinajstić information content (AvgIpc) is 3.10. The molecule has 134 valence electrons. The number of carbonyl (C=O) groups excluding carboxylic acids is 1. The summed E-state index contributed by atoms with van der Waals surface area (Å²) in [7, 11) is 0. The summed E-state index contributed by atoms with van der Waals surface area (Å²) in [6.45, 7) is 0. The summed E-state index contributed by atoms with van der Waals surface area (Å²) < 4.78 is 39.7. The Labute approximate surface area is 153 Å². The smallest absolute Gasteiger partial charge is 0.351 e. The second-order valence-electron chi connectivity index (χ2n) is 5.12. The van der Waals surface area contributed by atoms with Gasteiger partial charge in [0.1, 0.15) is 0 Å². The van der Waals surface area contributed by atoms with Gasteiger partial charge >= 0.3 is 12.2 Å². The number of amides is 2. The van der Waals surface area contributed by atoms with Gasteiger partial charge in [0.05, 0.1) is 16.9 Å². The molecule has 2 amide bonds. The van der Waals surface area contributed by atoms with Crippen LogP contribution in [-0.2, 0) is 6.18 Å². The number of nitrogens with one attached hydrogen (secondary N) is 1. The van der Waals surface area contributed by atoms with Crippen molar-refractivity contribution in [2.45, 2.75) is 6.18 Å². The predicted molar refractivity (Wildman–Crippen MR) is 90.5 cm³/mol. The summed E-state index contributed by atoms with van der Waals surface area (Å²) in [5.74, 6) is 0.152. The predicted octanol–water partition coefficient (Wildman–Crippen LogP) is 3.86. The van der Waals surface area contributed by atoms with E-state index < -0.39 is 17.8 Å². The number of carbonyl (C=O) groups is 1. The zero-order valence-corrected chi connectivity index (χ0v) is 14.4. The number of tetrazole rings is 1. The Morgan fingerprint density at radius 2 is 1.96 bits per heavy atom. The number of aromatic nitrogens is 4. The van der Waals surface area contributed by atoms with Crippen LogP contribution < -0.4 is 10.6 Å². The van der Waals surface area contributed by atoms with Crippen LogP contribution >= 0.6 is 15.9 Å². The van der Waals surface area contributed by atoms with Crippen LogP contribution in [0, 0.1) is 0 Å². The van der Waals surface area contributed by atoms with E-state index in [9.17, 15) is 18.0 Å². The lowest BCUT2D eigenvalue weighted by atomic mass is 10.1. The standard InChI is InChI=1S/C15H10BrF3N6O/c16-9-4-5-12(11(7-9)13-21-23-24-22-13)25(14(20)26)10-3-1-2-8(6-10)15(17,18)19/h1-7H,(H2,20,26)(H,21,22,23,24). The van der Waals surface area contributed by atoms with E-state index in [1.165, 1.54) is 18.2 Å². The van der Waals surface area contributed by atoms with Crippen LogP contribution in [0.15, 0.2) is 46.9 Å². The maximum Gasteiger partial charge on any atom is 0.416 e. The highest BCUT2D eigenvalue weighted by Gasteiger charge is 2.31. The first-order chi connectivity index (χ1) is 12.3. The topological polar surface area (TPSA) is 101 Å². The van der Waals surface area contributed by atoms with Gasteiger partial charge in [-0.05, 0) is 41.6 Å². The first-order valence-corrected chi connectivity index (χ1v) is 7.87. The minimum atomic E-state index is -4.56. The van der Waals surface area contributed by atoms with Crippen LogP contribution in [0.1, 0.15) is 5.56 Å². The Kier molecular flexibility index (Phi) is 4.64. The normalized spacial score (nSPS) is 11.4. The molecule has 1 heterocycles. The number of nitrogens with two attached hydrogens (primary N) is 1. The molecule has 0 aliphatic carbocycles. The molecule has 0 unspecified atom stereocenters. The van der Waals surface area contributed by atoms with Gasteiger partial charge in [0.15, 0.2) is 0 Å². The Morgan fingerprint density at radius 1 is 1.19 bits per heavy atom. The van der Waals surface area contributed by atoms with Crippen molar-refractivity contribution in [2.75, 3.05) is 4.90 Å². The molecule has 0 spiro atoms. The van der Waals surface area contributed by atoms with E-state index in [1.807, 2.05) is 0 Å². The molecule has 0 fully saturated rings. The summed E-state index contributed by atoms with van der Waals surface area (Å²) >= 11 is 3.29. The first kappa shape index (κ1) is 17.9. The lowest BCUT2D eigenvalue weighted by Gasteiger charge is -2.23. The fraction of sp³-hybridized carbons (Fsp3) is 0.0667. The lowest BCUT2D eigenvalue weighted by molar-refractivity contribution is -0.137. The summed E-state index contributed by atoms with van der Waals surface area (Å²) in [4.78, 5) is 13.0. The van der Waals surface area contributed by atoms with E-state index in [0.29, 0.717) is 10.0 Å². The second-order valence-corrected chi connectivity index (χ2v) is 6.03. The fourth-order valence-electron chi connectivity index (χ4n) is 2.36. The van der Waals surface area contributed by atoms with Crippen molar-refractivity contribution in [3.05, 3.63) is 52.5 Å². The number of hydrogen-bond acceptors (Lipinski definition) is 4. The third kappa shape index (κ3) is 3.52. The number of halogens is 4. The van der Waals surface area contributed by atoms with Gasteiger partial charge in [-0.3, -0.25) is 4.90 Å². The second kappa shape index (κ2) is 6.75. The van der Waals surface area contributed by atoms with Gasteiger partial charge in [0, 0.05) is 10.0 Å². The molecular formula is C15H10BrF3N6O. The number of alkyl halides is 3. The highest BCUT2D eigenvalue weighted by atomic mass is 79.9. The fourth-order valence-corrected chi connectivity index (χ4v) is 2.73. The quantitative estimate of drug-likeness (QED) is 0.663. The summed E-state index contributed by atoms with van der Waals surface area (Å²) in [6, 6.07) is 8.06. The van der Waals surface area contributed by atoms with Crippen molar-refractivity contribution >= 4 is 33.3 Å². The highest BCUT2D eigenvalue weighted by Crippen LogP contribution is 2.37. The molecule has 0 radical (unpaired) electrons. The Balaban J connectivity index is 2.18. The molecule has 0 aliphatic rings. The first-order valence-electron chi connectivity index (χ1n) is 7.07. The SMILES string of the molecule is NC(=O)N(c1cccc(C(F)(F)F)c1)c1ccc(Br)cc1-c1nn[nH]n1. The van der Waals surface area contributed by atoms with Crippen LogP contribution in [-0.4, -0.2) is 26.7 Å². The van der Waals surface area contributed by atoms with E-state index in [-0.39, 0.29) is 17.2 Å². The molecule has 3 rings (SSSR count). The van der Waals surface area contributed by atoms with Gasteiger partial charge in [-0.1, -0.05) is 22.0 Å². The number of hydrogen-bond donors (Lipinski definition) is 2. The molecule has 0 bridgehead atoms. The Morgan fingerprint density at radius 3 is 2.58 bits per heavy atom. The van der Waals surface area contributed by atoms with Crippen LogP contribution in [0.4, 0.5) is 29.3 Å². The van der Waals surface area contributed by atoms with E-state index in [0.717, 1.165) is 17.0 Å². The van der Waals surface area contributed by atoms with Gasteiger partial charge in [-0.15, -0.1) is 10.2 Å². The molecule has 0 atom stereocenters. The number of aromatic amines is 1. The van der Waals surface area contributed by atoms with Crippen molar-refractivity contribution in [3.63, 3.8) is 0 Å². The molecule has 0 aliphatic heterocycles. The minimum absolute atomic E-state index is 0.0422. The van der Waals surface area contributed by atoms with E-state index in [1.54, 1.807) is 12.1 Å². The number of nitrogens with zero attached hydrogens (tertiary/aromatic N) is 4. The summed E-state index contributed by atoms with van der Waals surface area (Å²) in [5.41, 5.74) is 5.07. The molecule has 26 heavy (non-hydrogen) atoms. The number of primary amides is 1. The average molecular weight is 427 g/mol. The largest absolute Gasteiger partial charge is 0.416 e. The molecule has 0 saturated heterocycles. The number of H-pyrrole nitrogens is 1. The third-order valence-corrected chi connectivity index (χ3v) is 3.93. The zero-order valence-electron chi connectivity index (χ0n) is 12.8. The highest BCUT2D eigenvalue weighted by molar-refractivity contribution is 9.10. The van der Waals surface area contributed by atoms with Gasteiger partial charge in [0.25, 0.3) is 0 Å². The van der Waals surface area contributed by atoms with Crippen molar-refractivity contribution in [1.29, 1.82) is 0 Å². The third-order valence-electron chi connectivity index (χ3n) is 3.44.